The second-order valence-electron chi connectivity index (χ2n) is 16.2. The Morgan fingerprint density at radius 3 is 1.30 bits per heavy atom. The van der Waals surface area contributed by atoms with E-state index in [-0.39, 0.29) is 10.8 Å². The van der Waals surface area contributed by atoms with E-state index in [2.05, 4.69) is 179 Å². The predicted octanol–water partition coefficient (Wildman–Crippen LogP) is 10.5. The fourth-order valence-electron chi connectivity index (χ4n) is 8.62. The normalized spacial score (nSPS) is 14.6. The van der Waals surface area contributed by atoms with Crippen LogP contribution in [0.15, 0.2) is 127 Å². The Morgan fingerprint density at radius 1 is 0.460 bits per heavy atom. The van der Waals surface area contributed by atoms with Crippen LogP contribution in [0.5, 0.6) is 11.5 Å². The van der Waals surface area contributed by atoms with Gasteiger partial charge in [0, 0.05) is 43.9 Å². The second kappa shape index (κ2) is 10.1. The van der Waals surface area contributed by atoms with Crippen LogP contribution in [0.3, 0.4) is 0 Å². The van der Waals surface area contributed by atoms with Crippen LogP contribution in [-0.4, -0.2) is 8.80 Å². The Morgan fingerprint density at radius 2 is 0.880 bits per heavy atom. The maximum atomic E-state index is 7.14. The van der Waals surface area contributed by atoms with Crippen LogP contribution in [0.1, 0.15) is 52.7 Å². The molecule has 0 atom stereocenters. The van der Waals surface area contributed by atoms with E-state index >= 15 is 0 Å². The van der Waals surface area contributed by atoms with E-state index < -0.39 is 8.80 Å². The third kappa shape index (κ3) is 4.09. The molecule has 0 bridgehead atoms. The number of benzene rings is 7. The summed E-state index contributed by atoms with van der Waals surface area (Å²) in [5.41, 5.74) is 10.3. The molecule has 0 spiro atoms. The Kier molecular flexibility index (Phi) is 5.98. The summed E-state index contributed by atoms with van der Waals surface area (Å²) in [6, 6.07) is 47.8. The molecular weight excluding hydrogens is 625 g/mol. The first-order chi connectivity index (χ1) is 24.1. The van der Waals surface area contributed by atoms with Gasteiger partial charge in [0.2, 0.25) is 0 Å². The van der Waals surface area contributed by atoms with Crippen LogP contribution >= 0.6 is 0 Å². The molecule has 0 unspecified atom stereocenters. The topological polar surface area (TPSA) is 15.7 Å². The highest BCUT2D eigenvalue weighted by atomic mass is 28.3. The standard InChI is InChI=1S/C46H40N2OSi/c1-45(2,3)30-18-22-32(23-19-30)47-36-16-11-17-37-42(36)50-43-38(26-28-12-7-9-14-34(28)40(43)47)49-39-27-29-13-8-10-15-35(29)41(44(39)50)48(37)33-24-20-31(21-25-33)46(4,5)6/h7-27,50H,1-6H3. The predicted molar refractivity (Wildman–Crippen MR) is 214 cm³/mol. The van der Waals surface area contributed by atoms with E-state index in [1.165, 1.54) is 82.4 Å². The summed E-state index contributed by atoms with van der Waals surface area (Å²) in [6.45, 7) is 13.7. The molecule has 4 heteroatoms. The van der Waals surface area contributed by atoms with Gasteiger partial charge in [0.1, 0.15) is 11.5 Å². The van der Waals surface area contributed by atoms with Gasteiger partial charge in [0.15, 0.2) is 8.80 Å². The summed E-state index contributed by atoms with van der Waals surface area (Å²) in [6.07, 6.45) is 0. The Balaban J connectivity index is 1.33. The number of nitrogens with zero attached hydrogens (tertiary/aromatic N) is 2. The first-order valence-corrected chi connectivity index (χ1v) is 19.5. The lowest BCUT2D eigenvalue weighted by Crippen LogP contribution is -2.63. The van der Waals surface area contributed by atoms with Gasteiger partial charge in [-0.25, -0.2) is 0 Å². The minimum absolute atomic E-state index is 0.0721. The molecule has 244 valence electrons. The van der Waals surface area contributed by atoms with Gasteiger partial charge in [-0.1, -0.05) is 120 Å². The molecule has 0 aromatic heterocycles. The van der Waals surface area contributed by atoms with Crippen LogP contribution in [-0.2, 0) is 10.8 Å². The van der Waals surface area contributed by atoms with Crippen molar-refractivity contribution in [3.63, 3.8) is 0 Å². The molecule has 3 heterocycles. The summed E-state index contributed by atoms with van der Waals surface area (Å²) in [4.78, 5) is 5.08. The largest absolute Gasteiger partial charge is 0.457 e. The zero-order chi connectivity index (χ0) is 34.1. The zero-order valence-corrected chi connectivity index (χ0v) is 30.7. The Hall–Kier alpha value is -5.32. The number of hydrogen-bond acceptors (Lipinski definition) is 3. The van der Waals surface area contributed by atoms with Gasteiger partial charge < -0.3 is 14.5 Å². The molecule has 10 rings (SSSR count). The van der Waals surface area contributed by atoms with E-state index in [1.54, 1.807) is 0 Å². The molecule has 0 radical (unpaired) electrons. The van der Waals surface area contributed by atoms with Gasteiger partial charge in [-0.3, -0.25) is 0 Å². The maximum Gasteiger partial charge on any atom is 0.153 e. The second-order valence-corrected chi connectivity index (χ2v) is 18.8. The molecule has 0 fully saturated rings. The first kappa shape index (κ1) is 29.6. The van der Waals surface area contributed by atoms with E-state index in [1.807, 2.05) is 0 Å². The van der Waals surface area contributed by atoms with Gasteiger partial charge in [-0.15, -0.1) is 0 Å². The van der Waals surface area contributed by atoms with E-state index in [0.29, 0.717) is 0 Å². The minimum Gasteiger partial charge on any atom is -0.457 e. The lowest BCUT2D eigenvalue weighted by molar-refractivity contribution is 0.489. The highest BCUT2D eigenvalue weighted by Crippen LogP contribution is 2.51. The van der Waals surface area contributed by atoms with Crippen molar-refractivity contribution in [1.82, 2.24) is 0 Å². The summed E-state index contributed by atoms with van der Waals surface area (Å²) in [5, 5.41) is 9.17. The van der Waals surface area contributed by atoms with Crippen molar-refractivity contribution in [2.45, 2.75) is 52.4 Å². The van der Waals surface area contributed by atoms with E-state index in [4.69, 9.17) is 4.74 Å². The van der Waals surface area contributed by atoms with Crippen LogP contribution < -0.4 is 30.1 Å². The monoisotopic (exact) mass is 664 g/mol. The van der Waals surface area contributed by atoms with Crippen molar-refractivity contribution in [3.8, 4) is 11.5 Å². The number of rotatable bonds is 2. The SMILES string of the molecule is CC(C)(C)c1ccc(N2c3cccc4c3[SiH]3c5c(cc6ccccc6c52)Oc2cc5ccccc5c(c23)N4c2ccc(C(C)(C)C)cc2)cc1. The van der Waals surface area contributed by atoms with Crippen LogP contribution in [0, 0.1) is 0 Å². The molecule has 50 heavy (non-hydrogen) atoms. The van der Waals surface area contributed by atoms with Crippen molar-refractivity contribution in [3.05, 3.63) is 139 Å². The molecule has 0 aliphatic carbocycles. The molecule has 3 aliphatic rings. The molecule has 7 aromatic carbocycles. The molecule has 0 amide bonds. The quantitative estimate of drug-likeness (QED) is 0.171. The third-order valence-electron chi connectivity index (χ3n) is 11.1. The molecule has 0 N–H and O–H groups in total. The maximum absolute atomic E-state index is 7.14. The van der Waals surface area contributed by atoms with E-state index in [0.717, 1.165) is 11.5 Å². The Labute approximate surface area is 296 Å². The van der Waals surface area contributed by atoms with Crippen molar-refractivity contribution in [2.24, 2.45) is 0 Å². The highest BCUT2D eigenvalue weighted by Gasteiger charge is 2.48. The number of ether oxygens (including phenoxy) is 1. The number of anilines is 6. The van der Waals surface area contributed by atoms with Gasteiger partial charge >= 0.3 is 0 Å². The summed E-state index contributed by atoms with van der Waals surface area (Å²) >= 11 is 0. The van der Waals surface area contributed by atoms with Gasteiger partial charge in [-0.2, -0.15) is 0 Å². The zero-order valence-electron chi connectivity index (χ0n) is 29.5. The molecule has 3 aliphatic heterocycles. The molecule has 0 saturated carbocycles. The fourth-order valence-corrected chi connectivity index (χ4v) is 12.5. The molecule has 3 nitrogen and oxygen atoms in total. The lowest BCUT2D eigenvalue weighted by atomic mass is 9.87. The van der Waals surface area contributed by atoms with Crippen molar-refractivity contribution < 1.29 is 4.74 Å². The summed E-state index contributed by atoms with van der Waals surface area (Å²) < 4.78 is 7.14. The fraction of sp³-hybridized carbons (Fsp3) is 0.174. The Bertz CT molecular complexity index is 2370. The van der Waals surface area contributed by atoms with Crippen LogP contribution in [0.25, 0.3) is 21.5 Å². The smallest absolute Gasteiger partial charge is 0.153 e. The van der Waals surface area contributed by atoms with Crippen molar-refractivity contribution in [2.75, 3.05) is 9.80 Å². The van der Waals surface area contributed by atoms with Crippen LogP contribution in [0.4, 0.5) is 34.1 Å². The third-order valence-corrected chi connectivity index (χ3v) is 14.5. The molecule has 7 aromatic rings. The van der Waals surface area contributed by atoms with Gasteiger partial charge in [-0.05, 0) is 86.4 Å². The molecule has 0 saturated heterocycles. The molecular formula is C46H40N2OSi. The highest BCUT2D eigenvalue weighted by molar-refractivity contribution is 7.02. The summed E-state index contributed by atoms with van der Waals surface area (Å²) in [7, 11) is -2.04. The van der Waals surface area contributed by atoms with Gasteiger partial charge in [0.25, 0.3) is 0 Å². The van der Waals surface area contributed by atoms with Crippen LogP contribution in [0.2, 0.25) is 0 Å². The lowest BCUT2D eigenvalue weighted by Gasteiger charge is -2.47. The van der Waals surface area contributed by atoms with Gasteiger partial charge in [0.05, 0.1) is 11.4 Å². The minimum atomic E-state index is -2.04. The number of hydrogen-bond donors (Lipinski definition) is 0. The van der Waals surface area contributed by atoms with Crippen molar-refractivity contribution in [1.29, 1.82) is 0 Å². The first-order valence-electron chi connectivity index (χ1n) is 17.8. The summed E-state index contributed by atoms with van der Waals surface area (Å²) in [5.74, 6) is 2.01. The van der Waals surface area contributed by atoms with Crippen molar-refractivity contribution >= 4 is 80.0 Å². The average Bonchev–Trinajstić information content (AvgIpc) is 3.11. The average molecular weight is 665 g/mol. The van der Waals surface area contributed by atoms with E-state index in [9.17, 15) is 0 Å². The number of fused-ring (bicyclic) bond motifs is 4.